The highest BCUT2D eigenvalue weighted by atomic mass is 35.5. The van der Waals surface area contributed by atoms with Gasteiger partial charge in [0.1, 0.15) is 5.75 Å². The van der Waals surface area contributed by atoms with Gasteiger partial charge in [-0.2, -0.15) is 0 Å². The zero-order valence-corrected chi connectivity index (χ0v) is 18.3. The third-order valence-corrected chi connectivity index (χ3v) is 4.79. The molecule has 0 atom stereocenters. The van der Waals surface area contributed by atoms with Gasteiger partial charge in [0.05, 0.1) is 22.5 Å². The summed E-state index contributed by atoms with van der Waals surface area (Å²) in [6.07, 6.45) is 1.94. The highest BCUT2D eigenvalue weighted by Gasteiger charge is 2.10. The van der Waals surface area contributed by atoms with Crippen LogP contribution in [0.2, 0.25) is 15.1 Å². The first kappa shape index (κ1) is 23.0. The maximum absolute atomic E-state index is 10.8. The van der Waals surface area contributed by atoms with Gasteiger partial charge in [-0.3, -0.25) is 4.79 Å². The van der Waals surface area contributed by atoms with Crippen molar-refractivity contribution in [3.05, 3.63) is 80.7 Å². The number of carbonyl (C=O) groups is 1. The third-order valence-electron chi connectivity index (χ3n) is 3.77. The van der Waals surface area contributed by atoms with Gasteiger partial charge >= 0.3 is 0 Å². The number of hydrogen-bond donors (Lipinski definition) is 3. The molecule has 0 aliphatic rings. The van der Waals surface area contributed by atoms with Crippen LogP contribution in [0, 0.1) is 0 Å². The van der Waals surface area contributed by atoms with Gasteiger partial charge in [0.2, 0.25) is 0 Å². The lowest BCUT2D eigenvalue weighted by atomic mass is 10.0. The number of carbonyl (C=O) groups excluding carboxylic acids is 1. The van der Waals surface area contributed by atoms with Crippen LogP contribution in [-0.4, -0.2) is 23.6 Å². The molecule has 0 saturated carbocycles. The summed E-state index contributed by atoms with van der Waals surface area (Å²) in [5, 5.41) is 16.9. The fourth-order valence-corrected chi connectivity index (χ4v) is 3.18. The number of nitrogens with one attached hydrogen (secondary N) is 2. The Morgan fingerprint density at radius 2 is 1.90 bits per heavy atom. The predicted octanol–water partition coefficient (Wildman–Crippen LogP) is 5.95. The van der Waals surface area contributed by atoms with Crippen molar-refractivity contribution in [2.45, 2.75) is 6.42 Å². The van der Waals surface area contributed by atoms with Gasteiger partial charge in [-0.15, -0.1) is 0 Å². The molecule has 0 unspecified atom stereocenters. The molecule has 1 amide bonds. The molecular formula is C20H17Cl3N2O3S. The molecule has 0 fully saturated rings. The van der Waals surface area contributed by atoms with Gasteiger partial charge in [0.25, 0.3) is 5.91 Å². The van der Waals surface area contributed by atoms with Gasteiger partial charge < -0.3 is 20.2 Å². The summed E-state index contributed by atoms with van der Waals surface area (Å²) in [7, 11) is 1.78. The fraction of sp³-hybridized carbons (Fsp3) is 0.100. The van der Waals surface area contributed by atoms with E-state index in [0.29, 0.717) is 21.5 Å². The normalized spacial score (nSPS) is 9.93. The molecule has 0 spiro atoms. The second-order valence-corrected chi connectivity index (χ2v) is 7.18. The van der Waals surface area contributed by atoms with E-state index in [0.717, 1.165) is 22.3 Å². The van der Waals surface area contributed by atoms with E-state index >= 15 is 0 Å². The quantitative estimate of drug-likeness (QED) is 0.317. The molecule has 3 N–H and O–H groups in total. The fourth-order valence-electron chi connectivity index (χ4n) is 2.34. The lowest BCUT2D eigenvalue weighted by Crippen LogP contribution is -2.19. The summed E-state index contributed by atoms with van der Waals surface area (Å²) in [6, 6.07) is 11.8. The first-order valence-electron chi connectivity index (χ1n) is 8.26. The van der Waals surface area contributed by atoms with Crippen LogP contribution in [0.4, 0.5) is 5.69 Å². The maximum Gasteiger partial charge on any atom is 0.291 e. The molecule has 0 radical (unpaired) electrons. The van der Waals surface area contributed by atoms with Crippen LogP contribution in [0.15, 0.2) is 53.1 Å². The second kappa shape index (κ2) is 11.1. The molecule has 2 aromatic carbocycles. The molecule has 29 heavy (non-hydrogen) atoms. The Balaban J connectivity index is 0.000000253. The molecule has 9 heteroatoms. The monoisotopic (exact) mass is 470 g/mol. The van der Waals surface area contributed by atoms with E-state index in [9.17, 15) is 9.90 Å². The highest BCUT2D eigenvalue weighted by molar-refractivity contribution is 7.78. The van der Waals surface area contributed by atoms with Crippen molar-refractivity contribution in [1.82, 2.24) is 5.32 Å². The average molecular weight is 472 g/mol. The zero-order chi connectivity index (χ0) is 21.4. The van der Waals surface area contributed by atoms with Crippen LogP contribution in [0.1, 0.15) is 21.7 Å². The summed E-state index contributed by atoms with van der Waals surface area (Å²) in [5.41, 5.74) is 3.55. The Bertz CT molecular complexity index is 995. The first-order valence-corrected chi connectivity index (χ1v) is 9.87. The third kappa shape index (κ3) is 6.65. The molecule has 5 nitrogen and oxygen atoms in total. The number of rotatable bonds is 5. The minimum absolute atomic E-state index is 0.148. The number of hydrogen-bond acceptors (Lipinski definition) is 5. The van der Waals surface area contributed by atoms with Crippen LogP contribution in [-0.2, 0) is 6.42 Å². The SMILES string of the molecule is CNc1cc(Cc2ccc(Cl)cc2Cl)c(O)cc1Cl.O=C(NC=S)c1ccco1. The minimum Gasteiger partial charge on any atom is -0.508 e. The lowest BCUT2D eigenvalue weighted by Gasteiger charge is -2.11. The Kier molecular flexibility index (Phi) is 8.79. The first-order chi connectivity index (χ1) is 13.8. The second-order valence-electron chi connectivity index (χ2n) is 5.69. The number of phenolic OH excluding ortho intramolecular Hbond substituents is 1. The van der Waals surface area contributed by atoms with E-state index in [-0.39, 0.29) is 17.4 Å². The molecular weight excluding hydrogens is 455 g/mol. The average Bonchev–Trinajstić information content (AvgIpc) is 3.21. The number of benzene rings is 2. The molecule has 3 rings (SSSR count). The minimum atomic E-state index is -0.319. The summed E-state index contributed by atoms with van der Waals surface area (Å²) >= 11 is 22.4. The molecule has 3 aromatic rings. The molecule has 0 aliphatic carbocycles. The van der Waals surface area contributed by atoms with Crippen molar-refractivity contribution in [2.75, 3.05) is 12.4 Å². The smallest absolute Gasteiger partial charge is 0.291 e. The number of aromatic hydroxyl groups is 1. The van der Waals surface area contributed by atoms with E-state index < -0.39 is 0 Å². The van der Waals surface area contributed by atoms with Crippen molar-refractivity contribution in [2.24, 2.45) is 0 Å². The van der Waals surface area contributed by atoms with Gasteiger partial charge in [0.15, 0.2) is 5.76 Å². The van der Waals surface area contributed by atoms with Gasteiger partial charge in [-0.05, 0) is 35.9 Å². The standard InChI is InChI=1S/C14H12Cl3NO.C6H5NO2S/c1-18-13-5-9(14(19)7-12(13)17)4-8-2-3-10(15)6-11(8)16;8-6(7-4-10)5-2-1-3-9-5/h2-3,5-7,18-19H,4H2,1H3;1-4H,(H,7,8,10). The summed E-state index contributed by atoms with van der Waals surface area (Å²) < 4.78 is 4.77. The topological polar surface area (TPSA) is 74.5 Å². The molecule has 1 heterocycles. The van der Waals surface area contributed by atoms with E-state index in [2.05, 4.69) is 22.9 Å². The van der Waals surface area contributed by atoms with Crippen LogP contribution >= 0.6 is 47.0 Å². The molecule has 152 valence electrons. The number of halogens is 3. The van der Waals surface area contributed by atoms with Crippen LogP contribution in [0.5, 0.6) is 5.75 Å². The van der Waals surface area contributed by atoms with Crippen molar-refractivity contribution >= 4 is 64.1 Å². The lowest BCUT2D eigenvalue weighted by molar-refractivity contribution is 0.0952. The number of amides is 1. The summed E-state index contributed by atoms with van der Waals surface area (Å²) in [6.45, 7) is 0. The van der Waals surface area contributed by atoms with E-state index in [1.54, 1.807) is 31.3 Å². The molecule has 0 bridgehead atoms. The Morgan fingerprint density at radius 3 is 2.48 bits per heavy atom. The molecule has 0 aliphatic heterocycles. The Hall–Kier alpha value is -2.25. The van der Waals surface area contributed by atoms with E-state index in [1.165, 1.54) is 12.3 Å². The van der Waals surface area contributed by atoms with E-state index in [1.807, 2.05) is 12.1 Å². The Morgan fingerprint density at radius 1 is 1.14 bits per heavy atom. The zero-order valence-electron chi connectivity index (χ0n) is 15.2. The van der Waals surface area contributed by atoms with Gasteiger partial charge in [-0.1, -0.05) is 53.1 Å². The summed E-state index contributed by atoms with van der Waals surface area (Å²) in [5.74, 6) is 0.0936. The van der Waals surface area contributed by atoms with E-state index in [4.69, 9.17) is 39.2 Å². The van der Waals surface area contributed by atoms with Crippen molar-refractivity contribution in [1.29, 1.82) is 0 Å². The number of thiocarbonyl (C=S) groups is 1. The largest absolute Gasteiger partial charge is 0.508 e. The van der Waals surface area contributed by atoms with Crippen molar-refractivity contribution < 1.29 is 14.3 Å². The van der Waals surface area contributed by atoms with Gasteiger partial charge in [0, 0.05) is 35.1 Å². The predicted molar refractivity (Wildman–Crippen MR) is 122 cm³/mol. The number of anilines is 1. The highest BCUT2D eigenvalue weighted by Crippen LogP contribution is 2.33. The Labute approximate surface area is 188 Å². The molecule has 1 aromatic heterocycles. The van der Waals surface area contributed by atoms with Crippen molar-refractivity contribution in [3.63, 3.8) is 0 Å². The number of furan rings is 1. The maximum atomic E-state index is 10.8. The van der Waals surface area contributed by atoms with Crippen LogP contribution in [0.25, 0.3) is 0 Å². The van der Waals surface area contributed by atoms with Crippen molar-refractivity contribution in [3.8, 4) is 5.75 Å². The molecule has 0 saturated heterocycles. The van der Waals surface area contributed by atoms with Crippen LogP contribution in [0.3, 0.4) is 0 Å². The summed E-state index contributed by atoms with van der Waals surface area (Å²) in [4.78, 5) is 10.8. The van der Waals surface area contributed by atoms with Gasteiger partial charge in [-0.25, -0.2) is 0 Å². The van der Waals surface area contributed by atoms with Crippen LogP contribution < -0.4 is 10.6 Å². The number of phenols is 1.